The molecule has 6 nitrogen and oxygen atoms in total. The Morgan fingerprint density at radius 2 is 1.83 bits per heavy atom. The number of benzene rings is 2. The summed E-state index contributed by atoms with van der Waals surface area (Å²) in [5, 5.41) is 5.80. The molecular formula is C28H23ClN2O4S. The van der Waals surface area contributed by atoms with Crippen molar-refractivity contribution in [3.05, 3.63) is 99.7 Å². The Kier molecular flexibility index (Phi) is 6.67. The number of ether oxygens (including phenoxy) is 1. The average molecular weight is 519 g/mol. The van der Waals surface area contributed by atoms with Gasteiger partial charge in [-0.3, -0.25) is 4.79 Å². The summed E-state index contributed by atoms with van der Waals surface area (Å²) in [7, 11) is 0. The predicted molar refractivity (Wildman–Crippen MR) is 143 cm³/mol. The van der Waals surface area contributed by atoms with Crippen LogP contribution in [0.2, 0.25) is 5.02 Å². The van der Waals surface area contributed by atoms with Gasteiger partial charge in [-0.05, 0) is 37.1 Å². The Bertz CT molecular complexity index is 1540. The second kappa shape index (κ2) is 10.0. The third-order valence-corrected chi connectivity index (χ3v) is 7.02. The standard InChI is InChI=1S/C28H23ClN2O4S/c1-3-34-28(33)25-21(19-8-10-20(29)11-9-19)16-36-27(25)30-26(32)23-14-24-22(12-13-35-24)31(23)15-18-6-4-17(2)5-7-18/h4-14,16H,3,15H2,1-2H3,(H,30,32). The van der Waals surface area contributed by atoms with Gasteiger partial charge in [0.2, 0.25) is 0 Å². The van der Waals surface area contributed by atoms with E-state index in [2.05, 4.69) is 5.32 Å². The SMILES string of the molecule is CCOC(=O)c1c(-c2ccc(Cl)cc2)csc1NC(=O)c1cc2occc2n1Cc1ccc(C)cc1. The number of rotatable bonds is 7. The molecule has 0 spiro atoms. The van der Waals surface area contributed by atoms with Crippen LogP contribution in [-0.4, -0.2) is 23.1 Å². The summed E-state index contributed by atoms with van der Waals surface area (Å²) in [6.45, 7) is 4.50. The number of carbonyl (C=O) groups is 2. The van der Waals surface area contributed by atoms with E-state index in [1.807, 2.05) is 59.3 Å². The summed E-state index contributed by atoms with van der Waals surface area (Å²) in [6, 6.07) is 18.9. The first-order valence-corrected chi connectivity index (χ1v) is 12.7. The maximum Gasteiger partial charge on any atom is 0.341 e. The third-order valence-electron chi connectivity index (χ3n) is 5.87. The molecule has 0 radical (unpaired) electrons. The summed E-state index contributed by atoms with van der Waals surface area (Å²) in [5.74, 6) is -0.841. The summed E-state index contributed by atoms with van der Waals surface area (Å²) in [6.07, 6.45) is 1.61. The number of halogens is 1. The van der Waals surface area contributed by atoms with Crippen LogP contribution in [0.5, 0.6) is 0 Å². The Morgan fingerprint density at radius 3 is 2.56 bits per heavy atom. The van der Waals surface area contributed by atoms with Crippen molar-refractivity contribution in [1.82, 2.24) is 4.57 Å². The van der Waals surface area contributed by atoms with E-state index in [0.29, 0.717) is 39.0 Å². The van der Waals surface area contributed by atoms with Gasteiger partial charge in [-0.2, -0.15) is 0 Å². The number of fused-ring (bicyclic) bond motifs is 1. The Labute approximate surface area is 217 Å². The van der Waals surface area contributed by atoms with Crippen LogP contribution in [0.15, 0.2) is 76.7 Å². The summed E-state index contributed by atoms with van der Waals surface area (Å²) in [4.78, 5) is 26.5. The van der Waals surface area contributed by atoms with Gasteiger partial charge >= 0.3 is 5.97 Å². The van der Waals surface area contributed by atoms with Crippen LogP contribution in [0.25, 0.3) is 22.2 Å². The molecule has 0 fully saturated rings. The predicted octanol–water partition coefficient (Wildman–Crippen LogP) is 7.40. The molecule has 36 heavy (non-hydrogen) atoms. The van der Waals surface area contributed by atoms with Gasteiger partial charge in [-0.25, -0.2) is 4.79 Å². The molecule has 2 aromatic carbocycles. The smallest absolute Gasteiger partial charge is 0.341 e. The molecular weight excluding hydrogens is 496 g/mol. The minimum atomic E-state index is -0.497. The molecule has 0 atom stereocenters. The summed E-state index contributed by atoms with van der Waals surface area (Å²) < 4.78 is 12.8. The highest BCUT2D eigenvalue weighted by atomic mass is 35.5. The van der Waals surface area contributed by atoms with Crippen LogP contribution in [-0.2, 0) is 11.3 Å². The molecule has 0 unspecified atom stereocenters. The van der Waals surface area contributed by atoms with Crippen LogP contribution in [0.3, 0.4) is 0 Å². The maximum atomic E-state index is 13.5. The number of aromatic nitrogens is 1. The Morgan fingerprint density at radius 1 is 1.08 bits per heavy atom. The Balaban J connectivity index is 1.51. The van der Waals surface area contributed by atoms with Crippen LogP contribution >= 0.6 is 22.9 Å². The van der Waals surface area contributed by atoms with Crippen molar-refractivity contribution in [2.75, 3.05) is 11.9 Å². The van der Waals surface area contributed by atoms with Gasteiger partial charge in [0.25, 0.3) is 5.91 Å². The average Bonchev–Trinajstić information content (AvgIpc) is 3.57. The highest BCUT2D eigenvalue weighted by Gasteiger charge is 2.25. The minimum Gasteiger partial charge on any atom is -0.463 e. The van der Waals surface area contributed by atoms with Crippen molar-refractivity contribution in [3.63, 3.8) is 0 Å². The van der Waals surface area contributed by atoms with E-state index >= 15 is 0 Å². The fraction of sp³-hybridized carbons (Fsp3) is 0.143. The lowest BCUT2D eigenvalue weighted by molar-refractivity contribution is 0.0529. The minimum absolute atomic E-state index is 0.220. The number of aryl methyl sites for hydroxylation is 1. The largest absolute Gasteiger partial charge is 0.463 e. The van der Waals surface area contributed by atoms with Crippen molar-refractivity contribution < 1.29 is 18.7 Å². The highest BCUT2D eigenvalue weighted by molar-refractivity contribution is 7.15. The number of nitrogens with one attached hydrogen (secondary N) is 1. The number of amides is 1. The second-order valence-corrected chi connectivity index (χ2v) is 9.62. The van der Waals surface area contributed by atoms with Crippen LogP contribution in [0, 0.1) is 6.92 Å². The van der Waals surface area contributed by atoms with E-state index in [1.165, 1.54) is 16.9 Å². The van der Waals surface area contributed by atoms with E-state index in [9.17, 15) is 9.59 Å². The van der Waals surface area contributed by atoms with Crippen molar-refractivity contribution >= 4 is 50.9 Å². The molecule has 1 N–H and O–H groups in total. The molecule has 0 aliphatic carbocycles. The first-order valence-electron chi connectivity index (χ1n) is 11.4. The number of nitrogens with zero attached hydrogens (tertiary/aromatic N) is 1. The van der Waals surface area contributed by atoms with Gasteiger partial charge in [0, 0.05) is 34.6 Å². The van der Waals surface area contributed by atoms with Gasteiger partial charge in [-0.15, -0.1) is 11.3 Å². The molecule has 5 rings (SSSR count). The van der Waals surface area contributed by atoms with E-state index in [1.54, 1.807) is 31.4 Å². The number of anilines is 1. The fourth-order valence-electron chi connectivity index (χ4n) is 4.08. The zero-order chi connectivity index (χ0) is 25.2. The van der Waals surface area contributed by atoms with Gasteiger partial charge in [0.1, 0.15) is 16.3 Å². The van der Waals surface area contributed by atoms with Crippen molar-refractivity contribution in [3.8, 4) is 11.1 Å². The molecule has 0 bridgehead atoms. The monoisotopic (exact) mass is 518 g/mol. The quantitative estimate of drug-likeness (QED) is 0.228. The number of carbonyl (C=O) groups excluding carboxylic acids is 2. The second-order valence-electron chi connectivity index (χ2n) is 8.31. The van der Waals surface area contributed by atoms with Crippen molar-refractivity contribution in [1.29, 1.82) is 0 Å². The van der Waals surface area contributed by atoms with Gasteiger partial charge in [-0.1, -0.05) is 53.6 Å². The number of thiophene rings is 1. The lowest BCUT2D eigenvalue weighted by atomic mass is 10.0. The number of hydrogen-bond acceptors (Lipinski definition) is 5. The molecule has 3 aromatic heterocycles. The molecule has 0 aliphatic rings. The first-order chi connectivity index (χ1) is 17.4. The van der Waals surface area contributed by atoms with Gasteiger partial charge in [0.05, 0.1) is 18.4 Å². The molecule has 0 saturated carbocycles. The van der Waals surface area contributed by atoms with E-state index in [-0.39, 0.29) is 12.5 Å². The van der Waals surface area contributed by atoms with Crippen LogP contribution < -0.4 is 5.32 Å². The van der Waals surface area contributed by atoms with E-state index in [4.69, 9.17) is 20.8 Å². The molecule has 3 heterocycles. The number of hydrogen-bond donors (Lipinski definition) is 1. The normalized spacial score (nSPS) is 11.1. The fourth-order valence-corrected chi connectivity index (χ4v) is 5.15. The molecule has 182 valence electrons. The lowest BCUT2D eigenvalue weighted by Crippen LogP contribution is -2.19. The first kappa shape index (κ1) is 23.9. The van der Waals surface area contributed by atoms with Gasteiger partial charge in [0.15, 0.2) is 5.58 Å². The van der Waals surface area contributed by atoms with Crippen LogP contribution in [0.4, 0.5) is 5.00 Å². The molecule has 5 aromatic rings. The topological polar surface area (TPSA) is 73.5 Å². The van der Waals surface area contributed by atoms with Crippen LogP contribution in [0.1, 0.15) is 38.9 Å². The lowest BCUT2D eigenvalue weighted by Gasteiger charge is -2.12. The molecule has 8 heteroatoms. The van der Waals surface area contributed by atoms with E-state index < -0.39 is 5.97 Å². The highest BCUT2D eigenvalue weighted by Crippen LogP contribution is 2.37. The zero-order valence-corrected chi connectivity index (χ0v) is 21.3. The van der Waals surface area contributed by atoms with Gasteiger partial charge < -0.3 is 19.0 Å². The van der Waals surface area contributed by atoms with Crippen molar-refractivity contribution in [2.45, 2.75) is 20.4 Å². The van der Waals surface area contributed by atoms with Crippen molar-refractivity contribution in [2.24, 2.45) is 0 Å². The molecule has 1 amide bonds. The Hall–Kier alpha value is -3.81. The van der Waals surface area contributed by atoms with E-state index in [0.717, 1.165) is 16.6 Å². The third kappa shape index (κ3) is 4.67. The number of esters is 1. The number of furan rings is 1. The summed E-state index contributed by atoms with van der Waals surface area (Å²) >= 11 is 7.32. The molecule has 0 aliphatic heterocycles. The zero-order valence-electron chi connectivity index (χ0n) is 19.7. The maximum absolute atomic E-state index is 13.5. The molecule has 0 saturated heterocycles. The summed E-state index contributed by atoms with van der Waals surface area (Å²) in [5.41, 5.74) is 5.89.